The first-order valence-electron chi connectivity index (χ1n) is 1.71. The maximum atomic E-state index is 9.79. The predicted octanol–water partition coefficient (Wildman–Crippen LogP) is -3.95. The quantitative estimate of drug-likeness (QED) is 0.238. The average molecular weight is 168 g/mol. The number of carbonyl (C=O) groups is 4. The Morgan fingerprint density at radius 1 is 0.727 bits per heavy atom. The highest BCUT2D eigenvalue weighted by Crippen LogP contribution is 1.62. The highest BCUT2D eigenvalue weighted by molar-refractivity contribution is 6.70. The average Bonchev–Trinajstić information content (AvgIpc) is 1.84. The lowest BCUT2D eigenvalue weighted by Crippen LogP contribution is -2.15. The van der Waals surface area contributed by atoms with Crippen molar-refractivity contribution in [3.63, 3.8) is 0 Å². The van der Waals surface area contributed by atoms with Crippen molar-refractivity contribution in [1.29, 1.82) is 0 Å². The lowest BCUT2D eigenvalue weighted by atomic mass is 10.3. The molecule has 0 heterocycles. The molecule has 0 atom stereocenters. The first-order chi connectivity index (χ1) is 3.72. The van der Waals surface area contributed by atoms with E-state index in [9.17, 15) is 19.2 Å². The molecule has 6 N–H and O–H groups in total. The second-order valence-corrected chi connectivity index (χ2v) is 0.964. The number of aldehydes is 2. The summed E-state index contributed by atoms with van der Waals surface area (Å²) in [5.74, 6) is -2.61. The molecule has 7 heteroatoms. The van der Waals surface area contributed by atoms with E-state index in [0.29, 0.717) is 0 Å². The molecule has 0 amide bonds. The maximum Gasteiger partial charge on any atom is 0.268 e. The van der Waals surface area contributed by atoms with Crippen molar-refractivity contribution in [3.8, 4) is 0 Å². The Balaban J connectivity index is -0.0000000817. The summed E-state index contributed by atoms with van der Waals surface area (Å²) in [6.45, 7) is 0. The zero-order valence-electron chi connectivity index (χ0n) is 5.29. The molecule has 0 fully saturated rings. The Bertz CT molecular complexity index is 131. The van der Waals surface area contributed by atoms with Gasteiger partial charge in [0.05, 0.1) is 0 Å². The lowest BCUT2D eigenvalue weighted by Gasteiger charge is -1.72. The van der Waals surface area contributed by atoms with Crippen LogP contribution in [0.25, 0.3) is 0 Å². The molecule has 0 radical (unpaired) electrons. The molecule has 0 bridgehead atoms. The summed E-state index contributed by atoms with van der Waals surface area (Å²) in [7, 11) is 0. The molecule has 0 aromatic rings. The Hall–Kier alpha value is -1.44. The Kier molecular flexibility index (Phi) is 23.4. The lowest BCUT2D eigenvalue weighted by molar-refractivity contribution is -0.142. The van der Waals surface area contributed by atoms with E-state index < -0.39 is 11.6 Å². The molecule has 0 aliphatic carbocycles. The van der Waals surface area contributed by atoms with E-state index in [2.05, 4.69) is 0 Å². The summed E-state index contributed by atoms with van der Waals surface area (Å²) < 4.78 is 0. The van der Waals surface area contributed by atoms with E-state index in [1.165, 1.54) is 0 Å². The van der Waals surface area contributed by atoms with Crippen LogP contribution in [-0.2, 0) is 19.2 Å². The van der Waals surface area contributed by atoms with Crippen LogP contribution < -0.4 is 0 Å². The van der Waals surface area contributed by atoms with Gasteiger partial charge in [-0.1, -0.05) is 0 Å². The van der Waals surface area contributed by atoms with Crippen molar-refractivity contribution in [2.75, 3.05) is 0 Å². The number of hydrogen-bond donors (Lipinski definition) is 0. The summed E-state index contributed by atoms with van der Waals surface area (Å²) in [4.78, 5) is 38.3. The van der Waals surface area contributed by atoms with Crippen LogP contribution in [0.2, 0.25) is 0 Å². The van der Waals surface area contributed by atoms with Crippen LogP contribution in [0.5, 0.6) is 0 Å². The fraction of sp³-hybridized carbons (Fsp3) is 0. The molecular formula is C4H8O7. The van der Waals surface area contributed by atoms with Crippen molar-refractivity contribution in [2.24, 2.45) is 0 Å². The minimum atomic E-state index is -1.31. The van der Waals surface area contributed by atoms with Crippen molar-refractivity contribution >= 4 is 24.1 Å². The molecule has 0 rings (SSSR count). The van der Waals surface area contributed by atoms with E-state index in [4.69, 9.17) is 0 Å². The minimum absolute atomic E-state index is 0. The SMILES string of the molecule is O.O.O.O=CC(=O)C(=O)C=O. The number of Topliss-reactive ketones (excluding diaryl/α,β-unsaturated/α-hetero) is 2. The van der Waals surface area contributed by atoms with Crippen LogP contribution >= 0.6 is 0 Å². The van der Waals surface area contributed by atoms with Gasteiger partial charge in [-0.25, -0.2) is 0 Å². The second kappa shape index (κ2) is 11.4. The normalized spacial score (nSPS) is 5.45. The van der Waals surface area contributed by atoms with Gasteiger partial charge in [-0.3, -0.25) is 19.2 Å². The Labute approximate surface area is 60.9 Å². The maximum absolute atomic E-state index is 9.79. The minimum Gasteiger partial charge on any atom is -0.412 e. The van der Waals surface area contributed by atoms with E-state index in [-0.39, 0.29) is 29.0 Å². The number of ketones is 2. The van der Waals surface area contributed by atoms with Crippen molar-refractivity contribution < 1.29 is 35.6 Å². The van der Waals surface area contributed by atoms with Crippen LogP contribution in [0.15, 0.2) is 0 Å². The van der Waals surface area contributed by atoms with Crippen molar-refractivity contribution in [2.45, 2.75) is 0 Å². The van der Waals surface area contributed by atoms with Crippen LogP contribution in [0.1, 0.15) is 0 Å². The molecule has 66 valence electrons. The first kappa shape index (κ1) is 22.7. The molecule has 0 aliphatic rings. The standard InChI is InChI=1S/C4H2O4.3H2O/c5-1-3(7)4(8)2-6;;;/h1-2H;3*1H2. The van der Waals surface area contributed by atoms with Crippen LogP contribution in [0.4, 0.5) is 0 Å². The van der Waals surface area contributed by atoms with Crippen LogP contribution in [-0.4, -0.2) is 40.6 Å². The van der Waals surface area contributed by atoms with E-state index in [1.807, 2.05) is 0 Å². The Morgan fingerprint density at radius 3 is 1.00 bits per heavy atom. The number of carbonyl (C=O) groups excluding carboxylic acids is 4. The smallest absolute Gasteiger partial charge is 0.268 e. The molecule has 0 saturated heterocycles. The summed E-state index contributed by atoms with van der Waals surface area (Å²) in [6.07, 6.45) is -0.395. The third-order valence-corrected chi connectivity index (χ3v) is 0.457. The highest BCUT2D eigenvalue weighted by atomic mass is 16.2. The van der Waals surface area contributed by atoms with Gasteiger partial charge in [0, 0.05) is 0 Å². The summed E-state index contributed by atoms with van der Waals surface area (Å²) in [5.41, 5.74) is 0. The van der Waals surface area contributed by atoms with Gasteiger partial charge in [0.15, 0.2) is 12.6 Å². The monoisotopic (exact) mass is 168 g/mol. The van der Waals surface area contributed by atoms with Crippen molar-refractivity contribution in [1.82, 2.24) is 0 Å². The zero-order valence-corrected chi connectivity index (χ0v) is 5.29. The molecule has 11 heavy (non-hydrogen) atoms. The van der Waals surface area contributed by atoms with Crippen LogP contribution in [0.3, 0.4) is 0 Å². The zero-order chi connectivity index (χ0) is 6.57. The van der Waals surface area contributed by atoms with Crippen molar-refractivity contribution in [3.05, 3.63) is 0 Å². The fourth-order valence-electron chi connectivity index (χ4n) is 0.116. The molecular weight excluding hydrogens is 160 g/mol. The van der Waals surface area contributed by atoms with E-state index >= 15 is 0 Å². The van der Waals surface area contributed by atoms with Gasteiger partial charge in [-0.2, -0.15) is 0 Å². The third-order valence-electron chi connectivity index (χ3n) is 0.457. The largest absolute Gasteiger partial charge is 0.412 e. The Morgan fingerprint density at radius 2 is 0.909 bits per heavy atom. The molecule has 0 unspecified atom stereocenters. The first-order valence-corrected chi connectivity index (χ1v) is 1.71. The van der Waals surface area contributed by atoms with Gasteiger partial charge >= 0.3 is 0 Å². The van der Waals surface area contributed by atoms with Gasteiger partial charge < -0.3 is 16.4 Å². The fourth-order valence-corrected chi connectivity index (χ4v) is 0.116. The molecule has 7 nitrogen and oxygen atoms in total. The number of hydrogen-bond acceptors (Lipinski definition) is 4. The summed E-state index contributed by atoms with van der Waals surface area (Å²) in [5, 5.41) is 0. The van der Waals surface area contributed by atoms with Gasteiger partial charge in [-0.15, -0.1) is 0 Å². The van der Waals surface area contributed by atoms with Gasteiger partial charge in [-0.05, 0) is 0 Å². The summed E-state index contributed by atoms with van der Waals surface area (Å²) >= 11 is 0. The van der Waals surface area contributed by atoms with E-state index in [1.54, 1.807) is 0 Å². The highest BCUT2D eigenvalue weighted by Gasteiger charge is 2.08. The van der Waals surface area contributed by atoms with E-state index in [0.717, 1.165) is 0 Å². The second-order valence-electron chi connectivity index (χ2n) is 0.964. The predicted molar refractivity (Wildman–Crippen MR) is 33.0 cm³/mol. The van der Waals surface area contributed by atoms with Crippen LogP contribution in [0, 0.1) is 0 Å². The topological polar surface area (TPSA) is 163 Å². The summed E-state index contributed by atoms with van der Waals surface area (Å²) in [6, 6.07) is 0. The number of rotatable bonds is 3. The molecule has 0 spiro atoms. The van der Waals surface area contributed by atoms with Gasteiger partial charge in [0.2, 0.25) is 0 Å². The third kappa shape index (κ3) is 8.56. The van der Waals surface area contributed by atoms with Gasteiger partial charge in [0.25, 0.3) is 11.6 Å². The molecule has 0 aromatic carbocycles. The molecule has 0 aromatic heterocycles. The molecule has 0 aliphatic heterocycles. The molecule has 0 saturated carbocycles. The van der Waals surface area contributed by atoms with Gasteiger partial charge in [0.1, 0.15) is 0 Å².